The quantitative estimate of drug-likeness (QED) is 0.244. The second-order valence-corrected chi connectivity index (χ2v) is 9.05. The highest BCUT2D eigenvalue weighted by molar-refractivity contribution is 7.22. The van der Waals surface area contributed by atoms with Gasteiger partial charge < -0.3 is 9.30 Å². The highest BCUT2D eigenvalue weighted by Gasteiger charge is 2.22. The Balaban J connectivity index is 1.39. The van der Waals surface area contributed by atoms with E-state index in [-0.39, 0.29) is 5.91 Å². The number of aromatic nitrogens is 3. The van der Waals surface area contributed by atoms with Gasteiger partial charge in [0.15, 0.2) is 5.13 Å². The third-order valence-corrected chi connectivity index (χ3v) is 6.62. The fourth-order valence-electron chi connectivity index (χ4n) is 3.58. The van der Waals surface area contributed by atoms with Gasteiger partial charge in [-0.2, -0.15) is 0 Å². The summed E-state index contributed by atoms with van der Waals surface area (Å²) >= 11 is 7.81. The molecule has 0 aliphatic carbocycles. The van der Waals surface area contributed by atoms with Gasteiger partial charge >= 0.3 is 0 Å². The van der Waals surface area contributed by atoms with Crippen molar-refractivity contribution in [2.45, 2.75) is 13.0 Å². The van der Waals surface area contributed by atoms with Gasteiger partial charge in [0.2, 0.25) is 0 Å². The van der Waals surface area contributed by atoms with Crippen LogP contribution in [0, 0.1) is 0 Å². The summed E-state index contributed by atoms with van der Waals surface area (Å²) in [6.45, 7) is 1.26. The average Bonchev–Trinajstić information content (AvgIpc) is 3.53. The number of thiazole rings is 1. The Morgan fingerprint density at radius 2 is 1.79 bits per heavy atom. The van der Waals surface area contributed by atoms with E-state index in [1.165, 1.54) is 11.3 Å². The molecule has 0 N–H and O–H groups in total. The van der Waals surface area contributed by atoms with Gasteiger partial charge in [-0.05, 0) is 55.0 Å². The number of ether oxygens (including phenoxy) is 1. The van der Waals surface area contributed by atoms with Gasteiger partial charge in [0.05, 0.1) is 16.0 Å². The molecule has 0 atom stereocenters. The van der Waals surface area contributed by atoms with Crippen LogP contribution < -0.4 is 9.64 Å². The number of anilines is 1. The molecule has 6 nitrogen and oxygen atoms in total. The third-order valence-electron chi connectivity index (χ3n) is 5.27. The summed E-state index contributed by atoms with van der Waals surface area (Å²) in [5.41, 5.74) is 1.27. The standard InChI is InChI=1S/C26H21ClN4O2S/c27-22-8-4-9-23-24(22)29-26(34-23)31(16-5-15-30-17-14-28-18-30)25(32)19-10-12-21(13-11-19)33-20-6-2-1-3-7-20/h1-4,6-14,17-18H,5,15-16H2. The summed E-state index contributed by atoms with van der Waals surface area (Å²) in [5, 5.41) is 1.21. The fraction of sp³-hybridized carbons (Fsp3) is 0.115. The maximum absolute atomic E-state index is 13.6. The van der Waals surface area contributed by atoms with Crippen molar-refractivity contribution < 1.29 is 9.53 Å². The first kappa shape index (κ1) is 22.1. The lowest BCUT2D eigenvalue weighted by Crippen LogP contribution is -2.32. The molecule has 0 saturated carbocycles. The molecule has 0 unspecified atom stereocenters. The second-order valence-electron chi connectivity index (χ2n) is 7.63. The average molecular weight is 489 g/mol. The fourth-order valence-corrected chi connectivity index (χ4v) is 4.87. The van der Waals surface area contributed by atoms with Gasteiger partial charge in [0.25, 0.3) is 5.91 Å². The van der Waals surface area contributed by atoms with E-state index in [2.05, 4.69) is 4.98 Å². The lowest BCUT2D eigenvalue weighted by Gasteiger charge is -2.20. The van der Waals surface area contributed by atoms with Crippen molar-refractivity contribution in [1.82, 2.24) is 14.5 Å². The molecular formula is C26H21ClN4O2S. The van der Waals surface area contributed by atoms with Crippen LogP contribution in [0.1, 0.15) is 16.8 Å². The van der Waals surface area contributed by atoms with Crippen LogP contribution in [0.5, 0.6) is 11.5 Å². The first-order valence-electron chi connectivity index (χ1n) is 10.8. The topological polar surface area (TPSA) is 60.2 Å². The summed E-state index contributed by atoms with van der Waals surface area (Å²) < 4.78 is 8.80. The minimum absolute atomic E-state index is 0.118. The van der Waals surface area contributed by atoms with Crippen molar-refractivity contribution in [3.05, 3.63) is 102 Å². The first-order valence-corrected chi connectivity index (χ1v) is 12.0. The molecule has 3 aromatic carbocycles. The smallest absolute Gasteiger partial charge is 0.260 e. The number of halogens is 1. The molecule has 2 heterocycles. The molecule has 0 aliphatic heterocycles. The molecule has 0 fully saturated rings. The van der Waals surface area contributed by atoms with Gasteiger partial charge in [0, 0.05) is 31.0 Å². The van der Waals surface area contributed by atoms with Crippen molar-refractivity contribution >= 4 is 44.2 Å². The van der Waals surface area contributed by atoms with Crippen molar-refractivity contribution in [3.63, 3.8) is 0 Å². The number of carbonyl (C=O) groups excluding carboxylic acids is 1. The van der Waals surface area contributed by atoms with E-state index in [4.69, 9.17) is 21.3 Å². The number of nitrogens with zero attached hydrogens (tertiary/aromatic N) is 4. The molecule has 0 radical (unpaired) electrons. The van der Waals surface area contributed by atoms with Gasteiger partial charge in [-0.15, -0.1) is 0 Å². The van der Waals surface area contributed by atoms with Crippen molar-refractivity contribution in [1.29, 1.82) is 0 Å². The van der Waals surface area contributed by atoms with Gasteiger partial charge in [-0.1, -0.05) is 47.2 Å². The predicted molar refractivity (Wildman–Crippen MR) is 136 cm³/mol. The first-order chi connectivity index (χ1) is 16.7. The summed E-state index contributed by atoms with van der Waals surface area (Å²) in [4.78, 5) is 24.1. The van der Waals surface area contributed by atoms with E-state index < -0.39 is 0 Å². The Morgan fingerprint density at radius 3 is 2.53 bits per heavy atom. The van der Waals surface area contributed by atoms with Crippen LogP contribution in [0.25, 0.3) is 10.2 Å². The molecule has 34 heavy (non-hydrogen) atoms. The van der Waals surface area contributed by atoms with Crippen molar-refractivity contribution in [2.75, 3.05) is 11.4 Å². The number of para-hydroxylation sites is 2. The van der Waals surface area contributed by atoms with Crippen LogP contribution in [0.3, 0.4) is 0 Å². The SMILES string of the molecule is O=C(c1ccc(Oc2ccccc2)cc1)N(CCCn1ccnc1)c1nc2c(Cl)cccc2s1. The van der Waals surface area contributed by atoms with E-state index in [1.54, 1.807) is 41.7 Å². The zero-order chi connectivity index (χ0) is 23.3. The summed E-state index contributed by atoms with van der Waals surface area (Å²) in [5.74, 6) is 1.29. The largest absolute Gasteiger partial charge is 0.457 e. The zero-order valence-electron chi connectivity index (χ0n) is 18.2. The number of rotatable bonds is 8. The van der Waals surface area contributed by atoms with Crippen LogP contribution in [-0.2, 0) is 6.54 Å². The normalized spacial score (nSPS) is 11.0. The summed E-state index contributed by atoms with van der Waals surface area (Å²) in [6, 6.07) is 22.4. The van der Waals surface area contributed by atoms with Crippen molar-refractivity contribution in [3.8, 4) is 11.5 Å². The molecule has 0 aliphatic rings. The van der Waals surface area contributed by atoms with Gasteiger partial charge in [-0.3, -0.25) is 9.69 Å². The lowest BCUT2D eigenvalue weighted by atomic mass is 10.2. The Kier molecular flexibility index (Phi) is 6.56. The molecule has 0 spiro atoms. The predicted octanol–water partition coefficient (Wildman–Crippen LogP) is 6.68. The molecular weight excluding hydrogens is 468 g/mol. The Bertz CT molecular complexity index is 1390. The second kappa shape index (κ2) is 10.1. The molecule has 0 bridgehead atoms. The number of fused-ring (bicyclic) bond motifs is 1. The monoisotopic (exact) mass is 488 g/mol. The molecule has 1 amide bonds. The van der Waals surface area contributed by atoms with Crippen LogP contribution in [0.15, 0.2) is 91.5 Å². The molecule has 0 saturated heterocycles. The molecule has 170 valence electrons. The molecule has 2 aromatic heterocycles. The van der Waals surface area contributed by atoms with Crippen LogP contribution in [-0.4, -0.2) is 27.0 Å². The minimum atomic E-state index is -0.118. The highest BCUT2D eigenvalue weighted by Crippen LogP contribution is 2.33. The van der Waals surface area contributed by atoms with Crippen LogP contribution >= 0.6 is 22.9 Å². The van der Waals surface area contributed by atoms with E-state index in [9.17, 15) is 4.79 Å². The number of amides is 1. The van der Waals surface area contributed by atoms with E-state index in [1.807, 2.05) is 59.3 Å². The molecule has 8 heteroatoms. The number of imidazole rings is 1. The maximum Gasteiger partial charge on any atom is 0.260 e. The molecule has 5 aromatic rings. The maximum atomic E-state index is 13.6. The summed E-state index contributed by atoms with van der Waals surface area (Å²) in [7, 11) is 0. The number of carbonyl (C=O) groups is 1. The minimum Gasteiger partial charge on any atom is -0.457 e. The third kappa shape index (κ3) is 4.95. The van der Waals surface area contributed by atoms with E-state index >= 15 is 0 Å². The Hall–Kier alpha value is -3.68. The van der Waals surface area contributed by atoms with E-state index in [0.29, 0.717) is 33.5 Å². The number of hydrogen-bond donors (Lipinski definition) is 0. The number of benzene rings is 3. The number of hydrogen-bond acceptors (Lipinski definition) is 5. The Morgan fingerprint density at radius 1 is 1.00 bits per heavy atom. The van der Waals surface area contributed by atoms with Crippen LogP contribution in [0.2, 0.25) is 5.02 Å². The summed E-state index contributed by atoms with van der Waals surface area (Å²) in [6.07, 6.45) is 6.18. The van der Waals surface area contributed by atoms with Crippen molar-refractivity contribution in [2.24, 2.45) is 0 Å². The van der Waals surface area contributed by atoms with Crippen LogP contribution in [0.4, 0.5) is 5.13 Å². The van der Waals surface area contributed by atoms with E-state index in [0.717, 1.165) is 23.4 Å². The lowest BCUT2D eigenvalue weighted by molar-refractivity contribution is 0.0986. The van der Waals surface area contributed by atoms with Gasteiger partial charge in [0.1, 0.15) is 17.0 Å². The van der Waals surface area contributed by atoms with Gasteiger partial charge in [-0.25, -0.2) is 9.97 Å². The number of aryl methyl sites for hydroxylation is 1. The molecule has 5 rings (SSSR count). The Labute approximate surface area is 206 Å². The zero-order valence-corrected chi connectivity index (χ0v) is 19.7. The highest BCUT2D eigenvalue weighted by atomic mass is 35.5.